The van der Waals surface area contributed by atoms with Gasteiger partial charge in [0, 0.05) is 4.47 Å². The molecule has 2 aromatic rings. The standard InChI is InChI=1S/C13H15BrN2O/c1-13(2,3)17-12-8-15-16(9-12)11-6-4-5-10(14)7-11/h4-9H,1-3H3. The molecule has 0 radical (unpaired) electrons. The van der Waals surface area contributed by atoms with E-state index in [9.17, 15) is 0 Å². The molecule has 0 N–H and O–H groups in total. The average molecular weight is 295 g/mol. The maximum atomic E-state index is 5.74. The molecule has 1 aromatic carbocycles. The van der Waals surface area contributed by atoms with E-state index in [4.69, 9.17) is 4.74 Å². The number of halogens is 1. The minimum atomic E-state index is -0.203. The van der Waals surface area contributed by atoms with Gasteiger partial charge in [0.15, 0.2) is 5.75 Å². The van der Waals surface area contributed by atoms with Gasteiger partial charge in [-0.1, -0.05) is 22.0 Å². The Labute approximate surface area is 110 Å². The van der Waals surface area contributed by atoms with Crippen LogP contribution in [0.15, 0.2) is 41.1 Å². The van der Waals surface area contributed by atoms with Gasteiger partial charge in [0.1, 0.15) is 5.60 Å². The first-order valence-electron chi connectivity index (χ1n) is 5.44. The molecule has 90 valence electrons. The van der Waals surface area contributed by atoms with E-state index in [-0.39, 0.29) is 5.60 Å². The molecule has 0 amide bonds. The fraction of sp³-hybridized carbons (Fsp3) is 0.308. The summed E-state index contributed by atoms with van der Waals surface area (Å²) in [5.41, 5.74) is 0.800. The Kier molecular flexibility index (Phi) is 3.24. The quantitative estimate of drug-likeness (QED) is 0.842. The van der Waals surface area contributed by atoms with Gasteiger partial charge in [-0.25, -0.2) is 4.68 Å². The van der Waals surface area contributed by atoms with Crippen molar-refractivity contribution in [3.63, 3.8) is 0 Å². The highest BCUT2D eigenvalue weighted by molar-refractivity contribution is 9.10. The monoisotopic (exact) mass is 294 g/mol. The molecule has 3 nitrogen and oxygen atoms in total. The van der Waals surface area contributed by atoms with Gasteiger partial charge in [-0.15, -0.1) is 0 Å². The van der Waals surface area contributed by atoms with Crippen LogP contribution in [0.3, 0.4) is 0 Å². The number of rotatable bonds is 2. The summed E-state index contributed by atoms with van der Waals surface area (Å²) in [6.45, 7) is 6.05. The molecule has 0 atom stereocenters. The van der Waals surface area contributed by atoms with Crippen molar-refractivity contribution in [2.24, 2.45) is 0 Å². The zero-order valence-corrected chi connectivity index (χ0v) is 11.7. The van der Waals surface area contributed by atoms with Crippen molar-refractivity contribution >= 4 is 15.9 Å². The van der Waals surface area contributed by atoms with Crippen molar-refractivity contribution in [1.82, 2.24) is 9.78 Å². The molecular formula is C13H15BrN2O. The molecule has 0 saturated heterocycles. The Morgan fingerprint density at radius 1 is 1.29 bits per heavy atom. The Morgan fingerprint density at radius 2 is 2.06 bits per heavy atom. The van der Waals surface area contributed by atoms with Crippen LogP contribution in [0.1, 0.15) is 20.8 Å². The van der Waals surface area contributed by atoms with Crippen LogP contribution in [0.2, 0.25) is 0 Å². The highest BCUT2D eigenvalue weighted by Crippen LogP contribution is 2.20. The predicted molar refractivity (Wildman–Crippen MR) is 71.6 cm³/mol. The molecule has 0 aliphatic carbocycles. The van der Waals surface area contributed by atoms with E-state index >= 15 is 0 Å². The molecule has 0 bridgehead atoms. The van der Waals surface area contributed by atoms with E-state index in [1.54, 1.807) is 10.9 Å². The molecule has 1 aromatic heterocycles. The number of nitrogens with zero attached hydrogens (tertiary/aromatic N) is 2. The van der Waals surface area contributed by atoms with E-state index in [0.717, 1.165) is 15.9 Å². The molecule has 0 aliphatic rings. The maximum absolute atomic E-state index is 5.74. The van der Waals surface area contributed by atoms with Crippen LogP contribution >= 0.6 is 15.9 Å². The van der Waals surface area contributed by atoms with E-state index in [0.29, 0.717) is 0 Å². The van der Waals surface area contributed by atoms with Crippen LogP contribution in [-0.4, -0.2) is 15.4 Å². The minimum Gasteiger partial charge on any atom is -0.485 e. The van der Waals surface area contributed by atoms with E-state index in [2.05, 4.69) is 21.0 Å². The minimum absolute atomic E-state index is 0.203. The third kappa shape index (κ3) is 3.33. The lowest BCUT2D eigenvalue weighted by atomic mass is 10.2. The van der Waals surface area contributed by atoms with Crippen LogP contribution in [0.4, 0.5) is 0 Å². The Hall–Kier alpha value is -1.29. The Bertz CT molecular complexity index is 514. The summed E-state index contributed by atoms with van der Waals surface area (Å²) in [5.74, 6) is 0.775. The van der Waals surface area contributed by atoms with Crippen LogP contribution in [-0.2, 0) is 0 Å². The molecule has 1 heterocycles. The molecule has 0 saturated carbocycles. The number of ether oxygens (including phenoxy) is 1. The van der Waals surface area contributed by atoms with Gasteiger partial charge in [0.25, 0.3) is 0 Å². The highest BCUT2D eigenvalue weighted by atomic mass is 79.9. The van der Waals surface area contributed by atoms with Gasteiger partial charge in [-0.05, 0) is 39.0 Å². The van der Waals surface area contributed by atoms with Gasteiger partial charge in [0.2, 0.25) is 0 Å². The highest BCUT2D eigenvalue weighted by Gasteiger charge is 2.13. The van der Waals surface area contributed by atoms with Crippen LogP contribution in [0.25, 0.3) is 5.69 Å². The van der Waals surface area contributed by atoms with Crippen molar-refractivity contribution in [3.8, 4) is 11.4 Å². The van der Waals surface area contributed by atoms with E-state index in [1.807, 2.05) is 51.2 Å². The van der Waals surface area contributed by atoms with E-state index < -0.39 is 0 Å². The normalized spacial score (nSPS) is 11.5. The lowest BCUT2D eigenvalue weighted by molar-refractivity contribution is 0.131. The zero-order valence-electron chi connectivity index (χ0n) is 10.1. The summed E-state index contributed by atoms with van der Waals surface area (Å²) in [5, 5.41) is 4.28. The SMILES string of the molecule is CC(C)(C)Oc1cnn(-c2cccc(Br)c2)c1. The van der Waals surface area contributed by atoms with Crippen molar-refractivity contribution in [1.29, 1.82) is 0 Å². The summed E-state index contributed by atoms with van der Waals surface area (Å²) in [6.07, 6.45) is 3.61. The fourth-order valence-corrected chi connectivity index (χ4v) is 1.86. The lowest BCUT2D eigenvalue weighted by Gasteiger charge is -2.19. The second kappa shape index (κ2) is 4.53. The molecule has 2 rings (SSSR count). The van der Waals surface area contributed by atoms with Gasteiger partial charge in [0.05, 0.1) is 18.1 Å². The Morgan fingerprint density at radius 3 is 2.71 bits per heavy atom. The molecule has 4 heteroatoms. The number of hydrogen-bond acceptors (Lipinski definition) is 2. The molecular weight excluding hydrogens is 280 g/mol. The van der Waals surface area contributed by atoms with Gasteiger partial charge in [-0.3, -0.25) is 0 Å². The van der Waals surface area contributed by atoms with Crippen LogP contribution < -0.4 is 4.74 Å². The average Bonchev–Trinajstić information content (AvgIpc) is 2.63. The van der Waals surface area contributed by atoms with Crippen molar-refractivity contribution in [3.05, 3.63) is 41.1 Å². The number of benzene rings is 1. The van der Waals surface area contributed by atoms with Gasteiger partial charge in [-0.2, -0.15) is 5.10 Å². The molecule has 17 heavy (non-hydrogen) atoms. The maximum Gasteiger partial charge on any atom is 0.158 e. The second-order valence-electron chi connectivity index (χ2n) is 4.81. The van der Waals surface area contributed by atoms with Crippen molar-refractivity contribution < 1.29 is 4.74 Å². The molecule has 0 fully saturated rings. The topological polar surface area (TPSA) is 27.1 Å². The van der Waals surface area contributed by atoms with Gasteiger partial charge < -0.3 is 4.74 Å². The van der Waals surface area contributed by atoms with Crippen LogP contribution in [0, 0.1) is 0 Å². The zero-order chi connectivity index (χ0) is 12.5. The lowest BCUT2D eigenvalue weighted by Crippen LogP contribution is -2.22. The van der Waals surface area contributed by atoms with Crippen LogP contribution in [0.5, 0.6) is 5.75 Å². The summed E-state index contributed by atoms with van der Waals surface area (Å²) in [4.78, 5) is 0. The summed E-state index contributed by atoms with van der Waals surface area (Å²) >= 11 is 3.44. The smallest absolute Gasteiger partial charge is 0.158 e. The summed E-state index contributed by atoms with van der Waals surface area (Å²) in [7, 11) is 0. The molecule has 0 spiro atoms. The van der Waals surface area contributed by atoms with Crippen molar-refractivity contribution in [2.45, 2.75) is 26.4 Å². The molecule has 0 aliphatic heterocycles. The van der Waals surface area contributed by atoms with Crippen molar-refractivity contribution in [2.75, 3.05) is 0 Å². The molecule has 0 unspecified atom stereocenters. The third-order valence-corrected chi connectivity index (χ3v) is 2.55. The number of aromatic nitrogens is 2. The third-order valence-electron chi connectivity index (χ3n) is 2.06. The Balaban J connectivity index is 2.24. The predicted octanol–water partition coefficient (Wildman–Crippen LogP) is 3.81. The largest absolute Gasteiger partial charge is 0.485 e. The fourth-order valence-electron chi connectivity index (χ4n) is 1.47. The second-order valence-corrected chi connectivity index (χ2v) is 5.73. The first kappa shape index (κ1) is 12.2. The summed E-state index contributed by atoms with van der Waals surface area (Å²) in [6, 6.07) is 7.97. The summed E-state index contributed by atoms with van der Waals surface area (Å²) < 4.78 is 8.57. The number of hydrogen-bond donors (Lipinski definition) is 0. The van der Waals surface area contributed by atoms with Gasteiger partial charge >= 0.3 is 0 Å². The first-order chi connectivity index (χ1) is 7.94. The first-order valence-corrected chi connectivity index (χ1v) is 6.23. The van der Waals surface area contributed by atoms with E-state index in [1.165, 1.54) is 0 Å².